The minimum Gasteiger partial charge on any atom is -0.337 e. The van der Waals surface area contributed by atoms with Gasteiger partial charge in [-0.2, -0.15) is 4.98 Å². The fraction of sp³-hybridized carbons (Fsp3) is 0.500. The monoisotopic (exact) mass is 249 g/mol. The van der Waals surface area contributed by atoms with Gasteiger partial charge in [-0.1, -0.05) is 18.1 Å². The zero-order valence-corrected chi connectivity index (χ0v) is 10.5. The summed E-state index contributed by atoms with van der Waals surface area (Å²) >= 11 is 1.63. The van der Waals surface area contributed by atoms with Crippen LogP contribution >= 0.6 is 11.3 Å². The molecule has 0 spiro atoms. The Bertz CT molecular complexity index is 480. The summed E-state index contributed by atoms with van der Waals surface area (Å²) in [6.07, 6.45) is 2.30. The van der Waals surface area contributed by atoms with E-state index in [1.807, 2.05) is 17.5 Å². The first-order valence-corrected chi connectivity index (χ1v) is 6.82. The summed E-state index contributed by atoms with van der Waals surface area (Å²) in [5.74, 6) is 2.15. The molecule has 4 nitrogen and oxygen atoms in total. The van der Waals surface area contributed by atoms with Crippen LogP contribution in [-0.2, 0) is 0 Å². The smallest absolute Gasteiger partial charge is 0.244 e. The van der Waals surface area contributed by atoms with Crippen molar-refractivity contribution in [1.82, 2.24) is 15.5 Å². The van der Waals surface area contributed by atoms with Crippen molar-refractivity contribution in [3.05, 3.63) is 23.4 Å². The van der Waals surface area contributed by atoms with Gasteiger partial charge < -0.3 is 9.84 Å². The van der Waals surface area contributed by atoms with Gasteiger partial charge in [-0.25, -0.2) is 0 Å². The van der Waals surface area contributed by atoms with Crippen LogP contribution in [0.25, 0.3) is 10.7 Å². The highest BCUT2D eigenvalue weighted by molar-refractivity contribution is 7.13. The number of piperidine rings is 1. The predicted molar refractivity (Wildman–Crippen MR) is 66.8 cm³/mol. The number of nitrogens with zero attached hydrogens (tertiary/aromatic N) is 2. The van der Waals surface area contributed by atoms with Gasteiger partial charge in [0.25, 0.3) is 0 Å². The number of rotatable bonds is 2. The van der Waals surface area contributed by atoms with Crippen molar-refractivity contribution in [2.24, 2.45) is 5.92 Å². The van der Waals surface area contributed by atoms with E-state index < -0.39 is 0 Å². The number of hydrogen-bond acceptors (Lipinski definition) is 5. The molecule has 3 heterocycles. The van der Waals surface area contributed by atoms with Crippen LogP contribution in [0.2, 0.25) is 0 Å². The Labute approximate surface area is 104 Å². The Morgan fingerprint density at radius 1 is 1.53 bits per heavy atom. The summed E-state index contributed by atoms with van der Waals surface area (Å²) in [4.78, 5) is 5.54. The molecule has 1 aliphatic rings. The molecular formula is C12H15N3OS. The summed E-state index contributed by atoms with van der Waals surface area (Å²) < 4.78 is 5.36. The molecule has 2 unspecified atom stereocenters. The van der Waals surface area contributed by atoms with Crippen LogP contribution in [-0.4, -0.2) is 16.7 Å². The Balaban J connectivity index is 1.80. The molecular weight excluding hydrogens is 234 g/mol. The lowest BCUT2D eigenvalue weighted by molar-refractivity contribution is 0.260. The van der Waals surface area contributed by atoms with Crippen molar-refractivity contribution in [2.45, 2.75) is 25.8 Å². The summed E-state index contributed by atoms with van der Waals surface area (Å²) in [6, 6.07) is 4.23. The lowest BCUT2D eigenvalue weighted by atomic mass is 9.94. The van der Waals surface area contributed by atoms with Gasteiger partial charge in [-0.15, -0.1) is 11.3 Å². The van der Waals surface area contributed by atoms with Crippen LogP contribution in [0.3, 0.4) is 0 Å². The first-order chi connectivity index (χ1) is 8.33. The predicted octanol–water partition coefficient (Wildman–Crippen LogP) is 2.86. The Kier molecular flexibility index (Phi) is 2.94. The lowest BCUT2D eigenvalue weighted by Gasteiger charge is -2.25. The Morgan fingerprint density at radius 2 is 2.47 bits per heavy atom. The summed E-state index contributed by atoms with van der Waals surface area (Å²) in [5, 5.41) is 9.49. The zero-order valence-electron chi connectivity index (χ0n) is 9.72. The molecule has 90 valence electrons. The van der Waals surface area contributed by atoms with E-state index in [4.69, 9.17) is 4.52 Å². The standard InChI is InChI=1S/C12H15N3OS/c1-8-4-5-13-9(7-8)12-14-11(15-16-12)10-3-2-6-17-10/h2-3,6,8-9,13H,4-5,7H2,1H3. The number of nitrogens with one attached hydrogen (secondary N) is 1. The van der Waals surface area contributed by atoms with E-state index in [0.29, 0.717) is 5.82 Å². The van der Waals surface area contributed by atoms with Gasteiger partial charge in [0.15, 0.2) is 0 Å². The van der Waals surface area contributed by atoms with E-state index in [9.17, 15) is 0 Å². The summed E-state index contributed by atoms with van der Waals surface area (Å²) in [6.45, 7) is 3.30. The zero-order chi connectivity index (χ0) is 11.7. The maximum Gasteiger partial charge on any atom is 0.244 e. The van der Waals surface area contributed by atoms with Gasteiger partial charge in [-0.3, -0.25) is 0 Å². The molecule has 1 saturated heterocycles. The molecule has 0 aliphatic carbocycles. The third-order valence-electron chi connectivity index (χ3n) is 3.15. The fourth-order valence-corrected chi connectivity index (χ4v) is 2.83. The average molecular weight is 249 g/mol. The van der Waals surface area contributed by atoms with Crippen LogP contribution < -0.4 is 5.32 Å². The van der Waals surface area contributed by atoms with E-state index in [1.165, 1.54) is 6.42 Å². The maximum absolute atomic E-state index is 5.36. The van der Waals surface area contributed by atoms with E-state index in [-0.39, 0.29) is 6.04 Å². The van der Waals surface area contributed by atoms with Gasteiger partial charge in [0.1, 0.15) is 0 Å². The van der Waals surface area contributed by atoms with Crippen molar-refractivity contribution in [2.75, 3.05) is 6.54 Å². The van der Waals surface area contributed by atoms with Crippen LogP contribution in [0, 0.1) is 5.92 Å². The third-order valence-corrected chi connectivity index (χ3v) is 4.01. The molecule has 2 atom stereocenters. The second-order valence-electron chi connectivity index (χ2n) is 4.57. The molecule has 0 bridgehead atoms. The molecule has 0 amide bonds. The Morgan fingerprint density at radius 3 is 3.24 bits per heavy atom. The normalized spacial score (nSPS) is 25.0. The minimum absolute atomic E-state index is 0.222. The quantitative estimate of drug-likeness (QED) is 0.889. The second kappa shape index (κ2) is 4.58. The maximum atomic E-state index is 5.36. The molecule has 0 saturated carbocycles. The summed E-state index contributed by atoms with van der Waals surface area (Å²) in [7, 11) is 0. The molecule has 1 fully saturated rings. The van der Waals surface area contributed by atoms with Gasteiger partial charge in [0, 0.05) is 0 Å². The van der Waals surface area contributed by atoms with Crippen LogP contribution in [0.15, 0.2) is 22.0 Å². The van der Waals surface area contributed by atoms with Crippen LogP contribution in [0.4, 0.5) is 0 Å². The van der Waals surface area contributed by atoms with E-state index in [2.05, 4.69) is 22.4 Å². The topological polar surface area (TPSA) is 51.0 Å². The lowest BCUT2D eigenvalue weighted by Crippen LogP contribution is -2.30. The fourth-order valence-electron chi connectivity index (χ4n) is 2.18. The SMILES string of the molecule is CC1CCNC(c2nc(-c3cccs3)no2)C1. The molecule has 2 aromatic rings. The average Bonchev–Trinajstić information content (AvgIpc) is 3.00. The van der Waals surface area contributed by atoms with Crippen LogP contribution in [0.1, 0.15) is 31.7 Å². The third kappa shape index (κ3) is 2.25. The Hall–Kier alpha value is -1.20. The first-order valence-electron chi connectivity index (χ1n) is 5.94. The highest BCUT2D eigenvalue weighted by atomic mass is 32.1. The highest BCUT2D eigenvalue weighted by Gasteiger charge is 2.24. The van der Waals surface area contributed by atoms with E-state index >= 15 is 0 Å². The van der Waals surface area contributed by atoms with Crippen molar-refractivity contribution >= 4 is 11.3 Å². The molecule has 1 aliphatic heterocycles. The van der Waals surface area contributed by atoms with Crippen LogP contribution in [0.5, 0.6) is 0 Å². The second-order valence-corrected chi connectivity index (χ2v) is 5.52. The number of aromatic nitrogens is 2. The molecule has 1 N–H and O–H groups in total. The first kappa shape index (κ1) is 10.9. The van der Waals surface area contributed by atoms with Crippen molar-refractivity contribution in [3.8, 4) is 10.7 Å². The van der Waals surface area contributed by atoms with Gasteiger partial charge in [0.05, 0.1) is 10.9 Å². The van der Waals surface area contributed by atoms with Crippen molar-refractivity contribution < 1.29 is 4.52 Å². The van der Waals surface area contributed by atoms with Crippen molar-refractivity contribution in [3.63, 3.8) is 0 Å². The number of thiophene rings is 1. The molecule has 17 heavy (non-hydrogen) atoms. The molecule has 2 aromatic heterocycles. The van der Waals surface area contributed by atoms with Gasteiger partial charge in [0.2, 0.25) is 11.7 Å². The molecule has 3 rings (SSSR count). The van der Waals surface area contributed by atoms with E-state index in [1.54, 1.807) is 11.3 Å². The molecule has 0 aromatic carbocycles. The largest absolute Gasteiger partial charge is 0.337 e. The minimum atomic E-state index is 0.222. The highest BCUT2D eigenvalue weighted by Crippen LogP contribution is 2.28. The van der Waals surface area contributed by atoms with Gasteiger partial charge in [-0.05, 0) is 36.8 Å². The van der Waals surface area contributed by atoms with Gasteiger partial charge >= 0.3 is 0 Å². The van der Waals surface area contributed by atoms with Crippen molar-refractivity contribution in [1.29, 1.82) is 0 Å². The molecule has 5 heteroatoms. The van der Waals surface area contributed by atoms with E-state index in [0.717, 1.165) is 29.7 Å². The summed E-state index contributed by atoms with van der Waals surface area (Å²) in [5.41, 5.74) is 0. The molecule has 0 radical (unpaired) electrons. The number of hydrogen-bond donors (Lipinski definition) is 1.